The molecule has 0 aromatic carbocycles. The topological polar surface area (TPSA) is 145 Å². The summed E-state index contributed by atoms with van der Waals surface area (Å²) in [5.41, 5.74) is 0. The number of hydrogen-bond donors (Lipinski definition) is 5. The van der Waals surface area contributed by atoms with Crippen molar-refractivity contribution in [1.82, 2.24) is 0 Å². The normalized spacial score (nSPS) is 9.31. The van der Waals surface area contributed by atoms with Crippen LogP contribution in [0.3, 0.4) is 0 Å². The third-order valence-corrected chi connectivity index (χ3v) is 0.846. The summed E-state index contributed by atoms with van der Waals surface area (Å²) in [6, 6.07) is 0. The predicted molar refractivity (Wildman–Crippen MR) is 45.8 cm³/mol. The minimum atomic E-state index is -4.64. The Morgan fingerprint density at radius 3 is 1.38 bits per heavy atom. The molecule has 0 rings (SSSR count). The van der Waals surface area contributed by atoms with Crippen LogP contribution in [0.25, 0.3) is 0 Å². The molecule has 0 aromatic rings. The molecule has 0 spiro atoms. The van der Waals surface area contributed by atoms with Crippen molar-refractivity contribution < 1.29 is 131 Å². The van der Waals surface area contributed by atoms with Crippen LogP contribution in [-0.2, 0) is 13.7 Å². The average molecular weight is 308 g/mol. The van der Waals surface area contributed by atoms with E-state index in [9.17, 15) is 4.57 Å². The Labute approximate surface area is 164 Å². The first-order chi connectivity index (χ1) is 5.56. The smallest absolute Gasteiger partial charge is 1.00 e. The predicted octanol–water partition coefficient (Wildman–Crippen LogP) is -9.30. The summed E-state index contributed by atoms with van der Waals surface area (Å²) in [7, 11) is -8.89. The molecule has 0 aliphatic rings. The first-order valence-corrected chi connectivity index (χ1v) is 5.75. The quantitative estimate of drug-likeness (QED) is 0.196. The van der Waals surface area contributed by atoms with Crippen molar-refractivity contribution in [3.8, 4) is 0 Å². The zero-order chi connectivity index (χ0) is 11.1. The minimum Gasteiger partial charge on any atom is -1.00 e. The Morgan fingerprint density at radius 1 is 1.06 bits per heavy atom. The SMILES string of the molecule is C=CCOP(=O)(O)O.O=P(O)(O)O.[H-].[H-].[H-].[Na+].[Na+].[Na+]. The van der Waals surface area contributed by atoms with Gasteiger partial charge in [0.2, 0.25) is 0 Å². The minimum absolute atomic E-state index is 0. The molecule has 0 amide bonds. The number of phosphoric ester groups is 1. The molecule has 8 nitrogen and oxygen atoms in total. The van der Waals surface area contributed by atoms with Gasteiger partial charge in [-0.2, -0.15) is 0 Å². The number of phosphoric acid groups is 2. The molecule has 16 heavy (non-hydrogen) atoms. The van der Waals surface area contributed by atoms with Crippen LogP contribution >= 0.6 is 15.6 Å². The maximum Gasteiger partial charge on any atom is 1.00 e. The van der Waals surface area contributed by atoms with Gasteiger partial charge in [0, 0.05) is 0 Å². The van der Waals surface area contributed by atoms with Crippen LogP contribution < -0.4 is 88.7 Å². The Bertz CT molecular complexity index is 238. The van der Waals surface area contributed by atoms with Crippen molar-refractivity contribution in [2.45, 2.75) is 0 Å². The van der Waals surface area contributed by atoms with Crippen molar-refractivity contribution in [3.05, 3.63) is 12.7 Å². The fourth-order valence-electron chi connectivity index (χ4n) is 0.150. The van der Waals surface area contributed by atoms with Gasteiger partial charge in [0.25, 0.3) is 0 Å². The van der Waals surface area contributed by atoms with Crippen molar-refractivity contribution in [1.29, 1.82) is 0 Å². The molecule has 0 aliphatic heterocycles. The van der Waals surface area contributed by atoms with Crippen LogP contribution in [0.15, 0.2) is 12.7 Å². The zero-order valence-electron chi connectivity index (χ0n) is 12.3. The maximum absolute atomic E-state index is 9.81. The van der Waals surface area contributed by atoms with Gasteiger partial charge in [-0.3, -0.25) is 4.52 Å². The van der Waals surface area contributed by atoms with E-state index in [-0.39, 0.29) is 99.6 Å². The van der Waals surface area contributed by atoms with E-state index in [1.165, 1.54) is 6.08 Å². The Kier molecular flexibility index (Phi) is 31.4. The first-order valence-electron chi connectivity index (χ1n) is 2.65. The molecule has 0 aliphatic carbocycles. The molecule has 0 unspecified atom stereocenters. The van der Waals surface area contributed by atoms with Crippen LogP contribution in [0.4, 0.5) is 0 Å². The van der Waals surface area contributed by atoms with Crippen LogP contribution in [0, 0.1) is 0 Å². The van der Waals surface area contributed by atoms with Crippen LogP contribution in [0.2, 0.25) is 0 Å². The summed E-state index contributed by atoms with van der Waals surface area (Å²) in [4.78, 5) is 37.5. The second-order valence-corrected chi connectivity index (χ2v) is 3.85. The van der Waals surface area contributed by atoms with Crippen molar-refractivity contribution in [2.24, 2.45) is 0 Å². The van der Waals surface area contributed by atoms with E-state index < -0.39 is 15.6 Å². The molecule has 0 saturated heterocycles. The molecule has 0 aromatic heterocycles. The Morgan fingerprint density at radius 2 is 1.31 bits per heavy atom. The summed E-state index contributed by atoms with van der Waals surface area (Å²) in [5, 5.41) is 0. The van der Waals surface area contributed by atoms with Gasteiger partial charge in [-0.25, -0.2) is 9.13 Å². The molecule has 0 saturated carbocycles. The molecule has 0 atom stereocenters. The molecule has 5 N–H and O–H groups in total. The van der Waals surface area contributed by atoms with E-state index in [2.05, 4.69) is 11.1 Å². The van der Waals surface area contributed by atoms with Crippen LogP contribution in [0.5, 0.6) is 0 Å². The summed E-state index contributed by atoms with van der Waals surface area (Å²) >= 11 is 0. The van der Waals surface area contributed by atoms with Crippen LogP contribution in [0.1, 0.15) is 4.28 Å². The molecule has 86 valence electrons. The van der Waals surface area contributed by atoms with Gasteiger partial charge >= 0.3 is 104 Å². The average Bonchev–Trinajstić information content (AvgIpc) is 1.77. The van der Waals surface area contributed by atoms with Gasteiger partial charge in [0.05, 0.1) is 6.61 Å². The number of rotatable bonds is 3. The van der Waals surface area contributed by atoms with E-state index in [0.717, 1.165) is 0 Å². The summed E-state index contributed by atoms with van der Waals surface area (Å²) < 4.78 is 22.6. The van der Waals surface area contributed by atoms with E-state index in [0.29, 0.717) is 0 Å². The van der Waals surface area contributed by atoms with E-state index >= 15 is 0 Å². The van der Waals surface area contributed by atoms with Gasteiger partial charge in [-0.05, 0) is 0 Å². The van der Waals surface area contributed by atoms with Gasteiger partial charge in [0.15, 0.2) is 0 Å². The van der Waals surface area contributed by atoms with Crippen molar-refractivity contribution in [3.63, 3.8) is 0 Å². The maximum atomic E-state index is 9.81. The van der Waals surface area contributed by atoms with E-state index in [1.807, 2.05) is 0 Å². The van der Waals surface area contributed by atoms with Gasteiger partial charge < -0.3 is 28.7 Å². The molecule has 0 radical (unpaired) electrons. The van der Waals surface area contributed by atoms with E-state index in [4.69, 9.17) is 29.0 Å². The molecule has 0 bridgehead atoms. The first kappa shape index (κ1) is 31.4. The second kappa shape index (κ2) is 16.0. The number of hydrogen-bond acceptors (Lipinski definition) is 3. The third-order valence-electron chi connectivity index (χ3n) is 0.361. The second-order valence-electron chi connectivity index (χ2n) is 1.59. The molecule has 0 heterocycles. The van der Waals surface area contributed by atoms with Gasteiger partial charge in [-0.15, -0.1) is 6.58 Å². The van der Waals surface area contributed by atoms with Crippen LogP contribution in [-0.4, -0.2) is 31.1 Å². The van der Waals surface area contributed by atoms with Gasteiger partial charge in [-0.1, -0.05) is 6.08 Å². The van der Waals surface area contributed by atoms with Crippen molar-refractivity contribution in [2.75, 3.05) is 6.61 Å². The molecular weight excluding hydrogens is 295 g/mol. The largest absolute Gasteiger partial charge is 1.00 e. The zero-order valence-corrected chi connectivity index (χ0v) is 17.1. The fourth-order valence-corrected chi connectivity index (χ4v) is 0.449. The third kappa shape index (κ3) is 68.2. The fraction of sp³-hybridized carbons (Fsp3) is 0.333. The summed E-state index contributed by atoms with van der Waals surface area (Å²) in [6.45, 7) is 3.07. The molecule has 0 fully saturated rings. The summed E-state index contributed by atoms with van der Waals surface area (Å²) in [5.74, 6) is 0. The van der Waals surface area contributed by atoms with Crippen molar-refractivity contribution >= 4 is 15.6 Å². The monoisotopic (exact) mass is 308 g/mol. The Balaban J connectivity index is -0.0000000169. The molecular formula is C3H13Na3O8P2. The Hall–Kier alpha value is 2.96. The standard InChI is InChI=1S/C3H7O4P.3Na.H3O4P.3H/c1-2-3-7-8(4,5)6;;;;1-5(2,3)4;;;/h2H,1,3H2,(H2,4,5,6);;;;(H3,1,2,3,4);;;/q;3*+1;;3*-1. The van der Waals surface area contributed by atoms with Gasteiger partial charge in [0.1, 0.15) is 0 Å². The summed E-state index contributed by atoms with van der Waals surface area (Å²) in [6.07, 6.45) is 1.26. The molecule has 13 heteroatoms. The van der Waals surface area contributed by atoms with E-state index in [1.54, 1.807) is 0 Å².